The van der Waals surface area contributed by atoms with E-state index in [9.17, 15) is 4.79 Å². The molecule has 1 heterocycles. The average Bonchev–Trinajstić information content (AvgIpc) is 2.64. The van der Waals surface area contributed by atoms with Crippen molar-refractivity contribution < 1.29 is 14.6 Å². The van der Waals surface area contributed by atoms with E-state index in [1.54, 1.807) is 9.80 Å². The number of carbonyl (C=O) groups is 1. The Morgan fingerprint density at radius 1 is 0.920 bits per heavy atom. The van der Waals surface area contributed by atoms with Crippen LogP contribution in [0.4, 0.5) is 5.69 Å². The smallest absolute Gasteiger partial charge is 0.230 e. The number of carbonyl (C=O) groups excluding carboxylic acids is 1. The Hall–Kier alpha value is -2.17. The van der Waals surface area contributed by atoms with Crippen molar-refractivity contribution in [3.05, 3.63) is 65.7 Å². The van der Waals surface area contributed by atoms with E-state index in [0.29, 0.717) is 6.42 Å². The summed E-state index contributed by atoms with van der Waals surface area (Å²) in [4.78, 5) is 15.4. The van der Waals surface area contributed by atoms with Gasteiger partial charge in [0.05, 0.1) is 13.0 Å². The van der Waals surface area contributed by atoms with Crippen molar-refractivity contribution in [1.82, 2.24) is 0 Å². The molecule has 4 heteroatoms. The van der Waals surface area contributed by atoms with Gasteiger partial charge >= 0.3 is 0 Å². The van der Waals surface area contributed by atoms with E-state index in [0.717, 1.165) is 37.4 Å². The highest BCUT2D eigenvalue weighted by molar-refractivity contribution is 5.91. The monoisotopic (exact) mass is 339 g/mol. The van der Waals surface area contributed by atoms with E-state index in [2.05, 4.69) is 35.6 Å². The molecule has 1 saturated heterocycles. The average molecular weight is 339 g/mol. The third kappa shape index (κ3) is 5.41. The molecule has 25 heavy (non-hydrogen) atoms. The molecule has 132 valence electrons. The first-order valence-corrected chi connectivity index (χ1v) is 9.27. The second-order valence-electron chi connectivity index (χ2n) is 7.03. The van der Waals surface area contributed by atoms with Crippen LogP contribution in [0.25, 0.3) is 0 Å². The first-order chi connectivity index (χ1) is 12.2. The summed E-state index contributed by atoms with van der Waals surface area (Å²) in [6.45, 7) is 8.74. The molecule has 4 nitrogen and oxygen atoms in total. The molecule has 0 spiro atoms. The van der Waals surface area contributed by atoms with Gasteiger partial charge in [-0.05, 0) is 18.6 Å². The quantitative estimate of drug-likeness (QED) is 0.696. The van der Waals surface area contributed by atoms with Crippen LogP contribution in [0.3, 0.4) is 0 Å². The van der Waals surface area contributed by atoms with Gasteiger partial charge in [-0.1, -0.05) is 48.5 Å². The van der Waals surface area contributed by atoms with Gasteiger partial charge in [-0.3, -0.25) is 4.79 Å². The van der Waals surface area contributed by atoms with Crippen LogP contribution in [-0.4, -0.2) is 38.6 Å². The molecule has 3 rings (SSSR count). The van der Waals surface area contributed by atoms with Crippen LogP contribution in [-0.2, 0) is 11.3 Å². The summed E-state index contributed by atoms with van der Waals surface area (Å²) >= 11 is 0. The normalized spacial score (nSPS) is 20.2. The third-order valence-electron chi connectivity index (χ3n) is 5.09. The van der Waals surface area contributed by atoms with E-state index in [-0.39, 0.29) is 5.91 Å². The van der Waals surface area contributed by atoms with Crippen molar-refractivity contribution in [2.75, 3.05) is 38.0 Å². The Balaban J connectivity index is 1.38. The van der Waals surface area contributed by atoms with Crippen molar-refractivity contribution in [1.29, 1.82) is 0 Å². The highest BCUT2D eigenvalue weighted by Gasteiger charge is 2.23. The molecular formula is C21H29N3O+2. The molecule has 0 radical (unpaired) electrons. The fourth-order valence-electron chi connectivity index (χ4n) is 3.48. The molecule has 3 N–H and O–H groups in total. The maximum Gasteiger partial charge on any atom is 0.230 e. The van der Waals surface area contributed by atoms with Gasteiger partial charge in [0.2, 0.25) is 5.91 Å². The van der Waals surface area contributed by atoms with Gasteiger partial charge in [0.15, 0.2) is 0 Å². The number of anilines is 1. The van der Waals surface area contributed by atoms with E-state index >= 15 is 0 Å². The number of rotatable bonds is 6. The first kappa shape index (κ1) is 17.6. The molecule has 1 amide bonds. The molecule has 0 unspecified atom stereocenters. The highest BCUT2D eigenvalue weighted by atomic mass is 16.1. The lowest BCUT2D eigenvalue weighted by atomic mass is 10.2. The zero-order valence-corrected chi connectivity index (χ0v) is 15.1. The summed E-state index contributed by atoms with van der Waals surface area (Å²) in [5.74, 6) is 0.126. The van der Waals surface area contributed by atoms with Gasteiger partial charge in [0.1, 0.15) is 32.7 Å². The van der Waals surface area contributed by atoms with E-state index in [4.69, 9.17) is 0 Å². The van der Waals surface area contributed by atoms with Crippen molar-refractivity contribution in [2.24, 2.45) is 0 Å². The summed E-state index contributed by atoms with van der Waals surface area (Å²) in [5, 5.41) is 3.03. The van der Waals surface area contributed by atoms with Crippen LogP contribution in [0, 0.1) is 6.92 Å². The van der Waals surface area contributed by atoms with E-state index in [1.165, 1.54) is 18.7 Å². The molecule has 0 aliphatic carbocycles. The van der Waals surface area contributed by atoms with Gasteiger partial charge in [-0.2, -0.15) is 0 Å². The summed E-state index contributed by atoms with van der Waals surface area (Å²) in [5.41, 5.74) is 3.46. The molecule has 0 atom stereocenters. The van der Waals surface area contributed by atoms with Crippen molar-refractivity contribution in [3.63, 3.8) is 0 Å². The first-order valence-electron chi connectivity index (χ1n) is 9.27. The Morgan fingerprint density at radius 2 is 1.56 bits per heavy atom. The predicted molar refractivity (Wildman–Crippen MR) is 101 cm³/mol. The molecular weight excluding hydrogens is 310 g/mol. The van der Waals surface area contributed by atoms with Gasteiger partial charge in [0, 0.05) is 11.3 Å². The van der Waals surface area contributed by atoms with E-state index < -0.39 is 0 Å². The Bertz CT molecular complexity index is 679. The van der Waals surface area contributed by atoms with Crippen LogP contribution < -0.4 is 15.1 Å². The topological polar surface area (TPSA) is 38.0 Å². The molecule has 0 saturated carbocycles. The minimum absolute atomic E-state index is 0.126. The molecule has 0 aromatic heterocycles. The van der Waals surface area contributed by atoms with Crippen molar-refractivity contribution in [2.45, 2.75) is 19.9 Å². The second-order valence-corrected chi connectivity index (χ2v) is 7.03. The van der Waals surface area contributed by atoms with E-state index in [1.807, 2.05) is 31.2 Å². The van der Waals surface area contributed by atoms with Gasteiger partial charge < -0.3 is 15.1 Å². The lowest BCUT2D eigenvalue weighted by Crippen LogP contribution is -3.27. The number of para-hydroxylation sites is 1. The zero-order chi connectivity index (χ0) is 17.5. The van der Waals surface area contributed by atoms with Crippen LogP contribution in [0.1, 0.15) is 17.5 Å². The Morgan fingerprint density at radius 3 is 2.28 bits per heavy atom. The summed E-state index contributed by atoms with van der Waals surface area (Å²) in [6, 6.07) is 18.7. The SMILES string of the molecule is Cc1ccccc1NC(=O)CC[NH+]1CC[NH+](Cc2ccccc2)CC1. The lowest BCUT2D eigenvalue weighted by Gasteiger charge is -2.29. The molecule has 1 fully saturated rings. The number of aryl methyl sites for hydroxylation is 1. The molecule has 2 aromatic carbocycles. The van der Waals surface area contributed by atoms with Gasteiger partial charge in [0.25, 0.3) is 0 Å². The number of nitrogens with one attached hydrogen (secondary N) is 3. The minimum atomic E-state index is 0.126. The predicted octanol–water partition coefficient (Wildman–Crippen LogP) is 0.307. The number of quaternary nitrogens is 2. The van der Waals surface area contributed by atoms with Crippen LogP contribution in [0.15, 0.2) is 54.6 Å². The maximum atomic E-state index is 12.2. The highest BCUT2D eigenvalue weighted by Crippen LogP contribution is 2.12. The molecule has 1 aliphatic rings. The van der Waals surface area contributed by atoms with Crippen LogP contribution >= 0.6 is 0 Å². The third-order valence-corrected chi connectivity index (χ3v) is 5.09. The fraction of sp³-hybridized carbons (Fsp3) is 0.381. The van der Waals surface area contributed by atoms with Gasteiger partial charge in [-0.15, -0.1) is 0 Å². The largest absolute Gasteiger partial charge is 0.326 e. The molecule has 2 aromatic rings. The standard InChI is InChI=1S/C21H27N3O/c1-18-7-5-6-10-20(18)22-21(25)11-12-23-13-15-24(16-14-23)17-19-8-3-2-4-9-19/h2-10H,11-17H2,1H3,(H,22,25)/p+2. The minimum Gasteiger partial charge on any atom is -0.326 e. The maximum absolute atomic E-state index is 12.2. The van der Waals surface area contributed by atoms with Crippen molar-refractivity contribution in [3.8, 4) is 0 Å². The summed E-state index contributed by atoms with van der Waals surface area (Å²) in [6.07, 6.45) is 0.595. The molecule has 0 bridgehead atoms. The number of hydrogen-bond donors (Lipinski definition) is 3. The fourth-order valence-corrected chi connectivity index (χ4v) is 3.48. The van der Waals surface area contributed by atoms with Crippen LogP contribution in [0.2, 0.25) is 0 Å². The van der Waals surface area contributed by atoms with Gasteiger partial charge in [-0.25, -0.2) is 0 Å². The number of amides is 1. The number of benzene rings is 2. The second kappa shape index (κ2) is 8.79. The summed E-state index contributed by atoms with van der Waals surface area (Å²) in [7, 11) is 0. The Labute approximate surface area is 150 Å². The van der Waals surface area contributed by atoms with Crippen molar-refractivity contribution >= 4 is 11.6 Å². The lowest BCUT2D eigenvalue weighted by molar-refractivity contribution is -1.02. The zero-order valence-electron chi connectivity index (χ0n) is 15.1. The number of piperazine rings is 1. The number of hydrogen-bond acceptors (Lipinski definition) is 1. The summed E-state index contributed by atoms with van der Waals surface area (Å²) < 4.78 is 0. The van der Waals surface area contributed by atoms with Crippen LogP contribution in [0.5, 0.6) is 0 Å². The Kier molecular flexibility index (Phi) is 6.20. The molecule has 1 aliphatic heterocycles.